The van der Waals surface area contributed by atoms with Gasteiger partial charge in [0, 0.05) is 12.8 Å². The Balaban J connectivity index is 2.24. The fourth-order valence-electron chi connectivity index (χ4n) is 3.13. The molecule has 2 N–H and O–H groups in total. The van der Waals surface area contributed by atoms with Gasteiger partial charge in [0.2, 0.25) is 0 Å². The highest BCUT2D eigenvalue weighted by Crippen LogP contribution is 2.60. The zero-order valence-electron chi connectivity index (χ0n) is 9.01. The number of carboxylic acids is 1. The molecule has 0 aliphatic heterocycles. The van der Waals surface area contributed by atoms with Crippen molar-refractivity contribution < 1.29 is 23.8 Å². The summed E-state index contributed by atoms with van der Waals surface area (Å²) in [4.78, 5) is 11.2. The van der Waals surface area contributed by atoms with E-state index in [0.717, 1.165) is 19.3 Å². The Bertz CT molecular complexity index is 300. The standard InChI is InChI=1S/C11H16F2O3/c12-11(13)6-9(7-11,8(14)15)10(16)4-2-1-3-5-10/h16H,1-7H2,(H,14,15). The summed E-state index contributed by atoms with van der Waals surface area (Å²) < 4.78 is 25.9. The number of halogens is 2. The van der Waals surface area contributed by atoms with Crippen molar-refractivity contribution in [2.24, 2.45) is 5.41 Å². The Labute approximate surface area is 92.5 Å². The molecule has 3 nitrogen and oxygen atoms in total. The molecule has 0 aromatic heterocycles. The number of hydrogen-bond donors (Lipinski definition) is 2. The first-order valence-electron chi connectivity index (χ1n) is 5.65. The van der Waals surface area contributed by atoms with Crippen molar-refractivity contribution in [1.29, 1.82) is 0 Å². The van der Waals surface area contributed by atoms with Crippen LogP contribution in [0.25, 0.3) is 0 Å². The molecule has 0 amide bonds. The lowest BCUT2D eigenvalue weighted by atomic mass is 9.53. The van der Waals surface area contributed by atoms with Gasteiger partial charge < -0.3 is 10.2 Å². The molecule has 0 atom stereocenters. The van der Waals surface area contributed by atoms with Crippen molar-refractivity contribution in [2.75, 3.05) is 0 Å². The third kappa shape index (κ3) is 1.52. The van der Waals surface area contributed by atoms with Gasteiger partial charge in [0.15, 0.2) is 0 Å². The van der Waals surface area contributed by atoms with Crippen LogP contribution in [0.15, 0.2) is 0 Å². The number of carbonyl (C=O) groups is 1. The Morgan fingerprint density at radius 1 is 1.06 bits per heavy atom. The van der Waals surface area contributed by atoms with Crippen LogP contribution in [0.3, 0.4) is 0 Å². The Hall–Kier alpha value is -0.710. The Morgan fingerprint density at radius 3 is 1.94 bits per heavy atom. The van der Waals surface area contributed by atoms with Crippen molar-refractivity contribution >= 4 is 5.97 Å². The quantitative estimate of drug-likeness (QED) is 0.770. The van der Waals surface area contributed by atoms with Gasteiger partial charge in [-0.05, 0) is 12.8 Å². The first-order chi connectivity index (χ1) is 7.31. The summed E-state index contributed by atoms with van der Waals surface area (Å²) in [5, 5.41) is 19.5. The topological polar surface area (TPSA) is 57.5 Å². The van der Waals surface area contributed by atoms with Gasteiger partial charge >= 0.3 is 5.97 Å². The van der Waals surface area contributed by atoms with Crippen LogP contribution < -0.4 is 0 Å². The minimum absolute atomic E-state index is 0.329. The normalized spacial score (nSPS) is 30.4. The van der Waals surface area contributed by atoms with Crippen LogP contribution in [0.1, 0.15) is 44.9 Å². The molecule has 0 saturated heterocycles. The van der Waals surface area contributed by atoms with Crippen LogP contribution >= 0.6 is 0 Å². The van der Waals surface area contributed by atoms with Crippen molar-refractivity contribution in [3.05, 3.63) is 0 Å². The number of hydrogen-bond acceptors (Lipinski definition) is 2. The number of aliphatic hydroxyl groups is 1. The van der Waals surface area contributed by atoms with Crippen LogP contribution in [0, 0.1) is 5.41 Å². The second-order valence-corrected chi connectivity index (χ2v) is 5.19. The third-order valence-corrected chi connectivity index (χ3v) is 4.10. The highest BCUT2D eigenvalue weighted by molar-refractivity contribution is 5.78. The molecule has 0 aromatic rings. The summed E-state index contributed by atoms with van der Waals surface area (Å²) in [6.07, 6.45) is 1.60. The lowest BCUT2D eigenvalue weighted by molar-refractivity contribution is -0.250. The molecule has 16 heavy (non-hydrogen) atoms. The van der Waals surface area contributed by atoms with Crippen molar-refractivity contribution in [2.45, 2.75) is 56.5 Å². The van der Waals surface area contributed by atoms with Crippen LogP contribution in [0.4, 0.5) is 8.78 Å². The maximum atomic E-state index is 12.9. The monoisotopic (exact) mass is 234 g/mol. The molecule has 2 rings (SSSR count). The molecular weight excluding hydrogens is 218 g/mol. The fourth-order valence-corrected chi connectivity index (χ4v) is 3.13. The summed E-state index contributed by atoms with van der Waals surface area (Å²) in [6.45, 7) is 0. The zero-order chi connectivity index (χ0) is 12.0. The second-order valence-electron chi connectivity index (χ2n) is 5.19. The first-order valence-corrected chi connectivity index (χ1v) is 5.65. The molecule has 2 fully saturated rings. The largest absolute Gasteiger partial charge is 0.481 e. The zero-order valence-corrected chi connectivity index (χ0v) is 9.01. The van der Waals surface area contributed by atoms with E-state index in [1.165, 1.54) is 0 Å². The van der Waals surface area contributed by atoms with E-state index in [1.54, 1.807) is 0 Å². The molecule has 2 aliphatic carbocycles. The summed E-state index contributed by atoms with van der Waals surface area (Å²) in [5.41, 5.74) is -3.05. The molecule has 0 radical (unpaired) electrons. The molecule has 0 aromatic carbocycles. The Morgan fingerprint density at radius 2 is 1.56 bits per heavy atom. The minimum Gasteiger partial charge on any atom is -0.481 e. The van der Waals surface area contributed by atoms with Gasteiger partial charge in [-0.3, -0.25) is 4.79 Å². The summed E-state index contributed by atoms with van der Waals surface area (Å²) in [5.74, 6) is -4.20. The van der Waals surface area contributed by atoms with Gasteiger partial charge in [0.05, 0.1) is 5.60 Å². The average molecular weight is 234 g/mol. The maximum Gasteiger partial charge on any atom is 0.313 e. The highest BCUT2D eigenvalue weighted by atomic mass is 19.3. The summed E-state index contributed by atoms with van der Waals surface area (Å²) >= 11 is 0. The SMILES string of the molecule is O=C(O)C1(C2(O)CCCCC2)CC(F)(F)C1. The Kier molecular flexibility index (Phi) is 2.49. The lowest BCUT2D eigenvalue weighted by Crippen LogP contribution is -2.64. The lowest BCUT2D eigenvalue weighted by Gasteiger charge is -2.54. The molecule has 0 unspecified atom stereocenters. The molecule has 0 spiro atoms. The van der Waals surface area contributed by atoms with E-state index >= 15 is 0 Å². The van der Waals surface area contributed by atoms with E-state index in [-0.39, 0.29) is 0 Å². The van der Waals surface area contributed by atoms with Gasteiger partial charge in [-0.25, -0.2) is 8.78 Å². The van der Waals surface area contributed by atoms with Gasteiger partial charge in [-0.15, -0.1) is 0 Å². The minimum atomic E-state index is -2.93. The number of carboxylic acid groups (broad SMARTS) is 1. The third-order valence-electron chi connectivity index (χ3n) is 4.10. The van der Waals surface area contributed by atoms with Crippen molar-refractivity contribution in [3.63, 3.8) is 0 Å². The molecule has 5 heteroatoms. The van der Waals surface area contributed by atoms with Crippen LogP contribution in [-0.2, 0) is 4.79 Å². The average Bonchev–Trinajstić information content (AvgIpc) is 2.14. The molecule has 2 aliphatic rings. The molecule has 0 bridgehead atoms. The number of rotatable bonds is 2. The van der Waals surface area contributed by atoms with Gasteiger partial charge in [0.1, 0.15) is 5.41 Å². The van der Waals surface area contributed by atoms with E-state index in [1.807, 2.05) is 0 Å². The van der Waals surface area contributed by atoms with Crippen molar-refractivity contribution in [1.82, 2.24) is 0 Å². The van der Waals surface area contributed by atoms with E-state index in [9.17, 15) is 18.7 Å². The molecule has 92 valence electrons. The number of alkyl halides is 2. The second kappa shape index (κ2) is 3.39. The van der Waals surface area contributed by atoms with E-state index in [2.05, 4.69) is 0 Å². The molecular formula is C11H16F2O3. The predicted octanol–water partition coefficient (Wildman–Crippen LogP) is 2.18. The van der Waals surface area contributed by atoms with E-state index < -0.39 is 35.7 Å². The number of aliphatic carboxylic acids is 1. The predicted molar refractivity (Wildman–Crippen MR) is 52.3 cm³/mol. The molecule has 0 heterocycles. The summed E-state index contributed by atoms with van der Waals surface area (Å²) in [7, 11) is 0. The van der Waals surface area contributed by atoms with E-state index in [4.69, 9.17) is 5.11 Å². The summed E-state index contributed by atoms with van der Waals surface area (Å²) in [6, 6.07) is 0. The smallest absolute Gasteiger partial charge is 0.313 e. The maximum absolute atomic E-state index is 12.9. The van der Waals surface area contributed by atoms with Crippen molar-refractivity contribution in [3.8, 4) is 0 Å². The van der Waals surface area contributed by atoms with Gasteiger partial charge in [-0.1, -0.05) is 19.3 Å². The fraction of sp³-hybridized carbons (Fsp3) is 0.909. The van der Waals surface area contributed by atoms with Crippen LogP contribution in [0.2, 0.25) is 0 Å². The molecule has 2 saturated carbocycles. The first kappa shape index (κ1) is 11.8. The van der Waals surface area contributed by atoms with Crippen LogP contribution in [-0.4, -0.2) is 27.7 Å². The van der Waals surface area contributed by atoms with Gasteiger partial charge in [-0.2, -0.15) is 0 Å². The van der Waals surface area contributed by atoms with Crippen LogP contribution in [0.5, 0.6) is 0 Å². The van der Waals surface area contributed by atoms with Gasteiger partial charge in [0.25, 0.3) is 5.92 Å². The highest BCUT2D eigenvalue weighted by Gasteiger charge is 2.69. The van der Waals surface area contributed by atoms with E-state index in [0.29, 0.717) is 12.8 Å².